The van der Waals surface area contributed by atoms with Crippen molar-refractivity contribution in [3.63, 3.8) is 0 Å². The number of hydrogen-bond donors (Lipinski definition) is 2. The van der Waals surface area contributed by atoms with Crippen LogP contribution in [0.3, 0.4) is 0 Å². The predicted molar refractivity (Wildman–Crippen MR) is 72.4 cm³/mol. The second kappa shape index (κ2) is 10.7. The standard InChI is InChI=1S/C10H20N2O3S.ClH/c1-7(8(2)11)10(14)12-4-5-16-6-9(13)15-3;/h7-8H,4-6,11H2,1-3H3,(H,12,14);1H. The van der Waals surface area contributed by atoms with Gasteiger partial charge in [-0.15, -0.1) is 24.2 Å². The van der Waals surface area contributed by atoms with Gasteiger partial charge in [-0.25, -0.2) is 0 Å². The summed E-state index contributed by atoms with van der Waals surface area (Å²) in [6.07, 6.45) is 0. The zero-order valence-electron chi connectivity index (χ0n) is 10.4. The third-order valence-corrected chi connectivity index (χ3v) is 3.13. The van der Waals surface area contributed by atoms with Crippen LogP contribution in [-0.2, 0) is 14.3 Å². The van der Waals surface area contributed by atoms with E-state index >= 15 is 0 Å². The highest BCUT2D eigenvalue weighted by Gasteiger charge is 2.15. The first-order valence-electron chi connectivity index (χ1n) is 5.17. The van der Waals surface area contributed by atoms with Crippen molar-refractivity contribution in [2.75, 3.05) is 25.2 Å². The van der Waals surface area contributed by atoms with Crippen LogP contribution in [0.15, 0.2) is 0 Å². The van der Waals surface area contributed by atoms with Crippen molar-refractivity contribution >= 4 is 36.0 Å². The summed E-state index contributed by atoms with van der Waals surface area (Å²) >= 11 is 1.43. The van der Waals surface area contributed by atoms with Crippen molar-refractivity contribution in [3.05, 3.63) is 0 Å². The maximum absolute atomic E-state index is 11.4. The van der Waals surface area contributed by atoms with Crippen LogP contribution < -0.4 is 11.1 Å². The van der Waals surface area contributed by atoms with Gasteiger partial charge >= 0.3 is 5.97 Å². The average Bonchev–Trinajstić information content (AvgIpc) is 2.26. The van der Waals surface area contributed by atoms with Gasteiger partial charge in [0.05, 0.1) is 12.9 Å². The van der Waals surface area contributed by atoms with E-state index in [1.807, 2.05) is 0 Å². The molecule has 0 aromatic rings. The number of halogens is 1. The summed E-state index contributed by atoms with van der Waals surface area (Å²) in [6.45, 7) is 4.13. The quantitative estimate of drug-likeness (QED) is 0.523. The number of hydrogen-bond acceptors (Lipinski definition) is 5. The molecule has 3 N–H and O–H groups in total. The van der Waals surface area contributed by atoms with Gasteiger partial charge in [0, 0.05) is 24.3 Å². The zero-order chi connectivity index (χ0) is 12.6. The number of thioether (sulfide) groups is 1. The van der Waals surface area contributed by atoms with E-state index in [-0.39, 0.29) is 36.2 Å². The van der Waals surface area contributed by atoms with E-state index in [0.29, 0.717) is 18.1 Å². The average molecular weight is 285 g/mol. The summed E-state index contributed by atoms with van der Waals surface area (Å²) < 4.78 is 4.48. The molecule has 0 aromatic heterocycles. The molecule has 17 heavy (non-hydrogen) atoms. The molecular weight excluding hydrogens is 264 g/mol. The Morgan fingerprint density at radius 1 is 1.41 bits per heavy atom. The number of rotatable bonds is 7. The lowest BCUT2D eigenvalue weighted by Gasteiger charge is -2.14. The summed E-state index contributed by atoms with van der Waals surface area (Å²) in [5.74, 6) is 0.515. The Kier molecular flexibility index (Phi) is 11.9. The Morgan fingerprint density at radius 3 is 2.47 bits per heavy atom. The number of ether oxygens (including phenoxy) is 1. The molecule has 0 aliphatic carbocycles. The van der Waals surface area contributed by atoms with Crippen LogP contribution in [0.5, 0.6) is 0 Å². The smallest absolute Gasteiger partial charge is 0.315 e. The fraction of sp³-hybridized carbons (Fsp3) is 0.800. The highest BCUT2D eigenvalue weighted by Crippen LogP contribution is 2.01. The first kappa shape index (κ1) is 18.9. The number of nitrogens with two attached hydrogens (primary N) is 1. The van der Waals surface area contributed by atoms with Crippen molar-refractivity contribution in [2.24, 2.45) is 11.7 Å². The molecule has 0 saturated carbocycles. The molecule has 0 fully saturated rings. The molecule has 1 amide bonds. The Bertz CT molecular complexity index is 240. The number of nitrogens with one attached hydrogen (secondary N) is 1. The van der Waals surface area contributed by atoms with Crippen molar-refractivity contribution in [1.29, 1.82) is 0 Å². The van der Waals surface area contributed by atoms with E-state index in [1.165, 1.54) is 18.9 Å². The third-order valence-electron chi connectivity index (χ3n) is 2.20. The lowest BCUT2D eigenvalue weighted by molar-refractivity contribution is -0.137. The second-order valence-electron chi connectivity index (χ2n) is 3.57. The largest absolute Gasteiger partial charge is 0.468 e. The summed E-state index contributed by atoms with van der Waals surface area (Å²) in [7, 11) is 1.36. The molecule has 0 aliphatic heterocycles. The molecule has 2 unspecified atom stereocenters. The van der Waals surface area contributed by atoms with Crippen LogP contribution in [0.25, 0.3) is 0 Å². The molecule has 0 radical (unpaired) electrons. The Morgan fingerprint density at radius 2 is 2.00 bits per heavy atom. The molecule has 0 aromatic carbocycles. The van der Waals surface area contributed by atoms with Gasteiger partial charge in [-0.3, -0.25) is 9.59 Å². The van der Waals surface area contributed by atoms with Crippen molar-refractivity contribution in [3.8, 4) is 0 Å². The van der Waals surface area contributed by atoms with Crippen molar-refractivity contribution in [2.45, 2.75) is 19.9 Å². The highest BCUT2D eigenvalue weighted by atomic mass is 35.5. The monoisotopic (exact) mass is 284 g/mol. The van der Waals surface area contributed by atoms with Gasteiger partial charge in [0.2, 0.25) is 5.91 Å². The second-order valence-corrected chi connectivity index (χ2v) is 4.67. The van der Waals surface area contributed by atoms with Crippen molar-refractivity contribution < 1.29 is 14.3 Å². The SMILES string of the molecule is COC(=O)CSCCNC(=O)C(C)C(C)N.Cl. The molecule has 102 valence electrons. The summed E-state index contributed by atoms with van der Waals surface area (Å²) in [4.78, 5) is 22.2. The van der Waals surface area contributed by atoms with Crippen LogP contribution in [0.4, 0.5) is 0 Å². The molecule has 0 saturated heterocycles. The normalized spacial score (nSPS) is 13.2. The minimum Gasteiger partial charge on any atom is -0.468 e. The van der Waals surface area contributed by atoms with E-state index in [1.54, 1.807) is 13.8 Å². The molecule has 0 aliphatic rings. The highest BCUT2D eigenvalue weighted by molar-refractivity contribution is 7.99. The van der Waals surface area contributed by atoms with Gasteiger partial charge in [-0.2, -0.15) is 0 Å². The van der Waals surface area contributed by atoms with Crippen LogP contribution in [-0.4, -0.2) is 43.1 Å². The number of esters is 1. The minimum atomic E-state index is -0.250. The number of methoxy groups -OCH3 is 1. The molecule has 0 bridgehead atoms. The first-order chi connectivity index (χ1) is 7.49. The predicted octanol–water partition coefficient (Wildman–Crippen LogP) is 0.414. The number of amides is 1. The topological polar surface area (TPSA) is 81.4 Å². The van der Waals surface area contributed by atoms with Crippen molar-refractivity contribution in [1.82, 2.24) is 5.32 Å². The molecule has 7 heteroatoms. The number of carbonyl (C=O) groups is 2. The van der Waals surface area contributed by atoms with Crippen LogP contribution in [0.2, 0.25) is 0 Å². The van der Waals surface area contributed by atoms with Crippen LogP contribution in [0, 0.1) is 5.92 Å². The Labute approximate surface area is 113 Å². The van der Waals surface area contributed by atoms with Gasteiger partial charge in [-0.05, 0) is 6.92 Å². The van der Waals surface area contributed by atoms with E-state index < -0.39 is 0 Å². The molecule has 2 atom stereocenters. The molecule has 0 heterocycles. The van der Waals surface area contributed by atoms with Crippen LogP contribution in [0.1, 0.15) is 13.8 Å². The molecular formula is C10H21ClN2O3S. The third kappa shape index (κ3) is 9.26. The Balaban J connectivity index is 0. The maximum Gasteiger partial charge on any atom is 0.315 e. The maximum atomic E-state index is 11.4. The lowest BCUT2D eigenvalue weighted by atomic mass is 10.0. The lowest BCUT2D eigenvalue weighted by Crippen LogP contribution is -2.39. The fourth-order valence-electron chi connectivity index (χ4n) is 0.861. The first-order valence-corrected chi connectivity index (χ1v) is 6.32. The van der Waals surface area contributed by atoms with Gasteiger partial charge in [0.15, 0.2) is 0 Å². The van der Waals surface area contributed by atoms with Gasteiger partial charge in [0.1, 0.15) is 0 Å². The van der Waals surface area contributed by atoms with Crippen LogP contribution >= 0.6 is 24.2 Å². The molecule has 5 nitrogen and oxygen atoms in total. The van der Waals surface area contributed by atoms with E-state index in [2.05, 4.69) is 10.1 Å². The number of carbonyl (C=O) groups excluding carboxylic acids is 2. The summed E-state index contributed by atoms with van der Waals surface area (Å²) in [5, 5.41) is 2.76. The van der Waals surface area contributed by atoms with Gasteiger partial charge in [-0.1, -0.05) is 6.92 Å². The fourth-order valence-corrected chi connectivity index (χ4v) is 1.54. The minimum absolute atomic E-state index is 0. The zero-order valence-corrected chi connectivity index (χ0v) is 12.0. The van der Waals surface area contributed by atoms with E-state index in [0.717, 1.165) is 0 Å². The van der Waals surface area contributed by atoms with Gasteiger partial charge in [0.25, 0.3) is 0 Å². The van der Waals surface area contributed by atoms with Gasteiger partial charge < -0.3 is 15.8 Å². The van der Waals surface area contributed by atoms with E-state index in [9.17, 15) is 9.59 Å². The summed E-state index contributed by atoms with van der Waals surface area (Å²) in [6, 6.07) is -0.150. The van der Waals surface area contributed by atoms with E-state index in [4.69, 9.17) is 5.73 Å². The Hall–Kier alpha value is -0.460. The molecule has 0 spiro atoms. The summed E-state index contributed by atoms with van der Waals surface area (Å²) in [5.41, 5.74) is 5.60. The molecule has 0 rings (SSSR count).